The van der Waals surface area contributed by atoms with Crippen LogP contribution in [0.3, 0.4) is 0 Å². The number of halogens is 2. The summed E-state index contributed by atoms with van der Waals surface area (Å²) in [5.74, 6) is 1.74. The first-order valence-electron chi connectivity index (χ1n) is 11.8. The average Bonchev–Trinajstić information content (AvgIpc) is 2.81. The summed E-state index contributed by atoms with van der Waals surface area (Å²) in [5.41, 5.74) is 1.56. The third kappa shape index (κ3) is 4.86. The highest BCUT2D eigenvalue weighted by atomic mass is 19.2. The maximum Gasteiger partial charge on any atom is 0.166 e. The van der Waals surface area contributed by atoms with Gasteiger partial charge in [0.05, 0.1) is 7.11 Å². The predicted molar refractivity (Wildman–Crippen MR) is 123 cm³/mol. The first kappa shape index (κ1) is 22.0. The van der Waals surface area contributed by atoms with Gasteiger partial charge >= 0.3 is 0 Å². The molecule has 166 valence electrons. The molecule has 0 aliphatic heterocycles. The van der Waals surface area contributed by atoms with E-state index in [1.54, 1.807) is 37.4 Å². The second-order valence-corrected chi connectivity index (χ2v) is 9.41. The number of hydrogen-bond donors (Lipinski definition) is 0. The summed E-state index contributed by atoms with van der Waals surface area (Å²) in [6.07, 6.45) is 13.9. The number of rotatable bonds is 6. The van der Waals surface area contributed by atoms with Gasteiger partial charge in [-0.15, -0.1) is 0 Å². The predicted octanol–water partition coefficient (Wildman–Crippen LogP) is 8.30. The van der Waals surface area contributed by atoms with Crippen LogP contribution in [0.15, 0.2) is 48.6 Å². The lowest BCUT2D eigenvalue weighted by atomic mass is 9.63. The molecule has 0 N–H and O–H groups in total. The summed E-state index contributed by atoms with van der Waals surface area (Å²) in [5, 5.41) is 0. The molecule has 2 aromatic rings. The highest BCUT2D eigenvalue weighted by Crippen LogP contribution is 2.49. The summed E-state index contributed by atoms with van der Waals surface area (Å²) in [6.45, 7) is 2.09. The summed E-state index contributed by atoms with van der Waals surface area (Å²) < 4.78 is 35.3. The lowest BCUT2D eigenvalue weighted by Gasteiger charge is -2.42. The molecule has 31 heavy (non-hydrogen) atoms. The molecule has 2 fully saturated rings. The Balaban J connectivity index is 1.44. The fourth-order valence-corrected chi connectivity index (χ4v) is 5.90. The van der Waals surface area contributed by atoms with Gasteiger partial charge in [0, 0.05) is 5.56 Å². The second kappa shape index (κ2) is 9.97. The number of ether oxygens (including phenoxy) is 1. The average molecular weight is 425 g/mol. The maximum atomic E-state index is 15.1. The molecule has 0 saturated heterocycles. The molecule has 4 atom stereocenters. The van der Waals surface area contributed by atoms with Gasteiger partial charge in [0.1, 0.15) is 5.75 Å². The molecule has 2 aromatic carbocycles. The fraction of sp³-hybridized carbons (Fsp3) is 0.500. The molecule has 0 amide bonds. The van der Waals surface area contributed by atoms with Gasteiger partial charge in [-0.1, -0.05) is 42.8 Å². The van der Waals surface area contributed by atoms with Crippen LogP contribution in [-0.2, 0) is 0 Å². The number of hydrogen-bond acceptors (Lipinski definition) is 1. The molecule has 0 spiro atoms. The van der Waals surface area contributed by atoms with Crippen molar-refractivity contribution in [1.82, 2.24) is 0 Å². The van der Waals surface area contributed by atoms with Crippen LogP contribution in [0.25, 0.3) is 11.1 Å². The molecule has 2 aliphatic carbocycles. The lowest BCUT2D eigenvalue weighted by Crippen LogP contribution is -2.30. The van der Waals surface area contributed by atoms with Crippen LogP contribution in [-0.4, -0.2) is 7.11 Å². The third-order valence-corrected chi connectivity index (χ3v) is 7.65. The zero-order chi connectivity index (χ0) is 21.8. The Hall–Kier alpha value is -2.16. The van der Waals surface area contributed by atoms with Crippen LogP contribution in [0.2, 0.25) is 0 Å². The van der Waals surface area contributed by atoms with Crippen molar-refractivity contribution >= 4 is 0 Å². The van der Waals surface area contributed by atoms with Crippen molar-refractivity contribution in [2.24, 2.45) is 17.8 Å². The minimum absolute atomic E-state index is 0.139. The zero-order valence-corrected chi connectivity index (χ0v) is 18.7. The van der Waals surface area contributed by atoms with Gasteiger partial charge < -0.3 is 4.74 Å². The van der Waals surface area contributed by atoms with Crippen LogP contribution in [0.5, 0.6) is 5.75 Å². The van der Waals surface area contributed by atoms with E-state index in [1.165, 1.54) is 32.1 Å². The topological polar surface area (TPSA) is 9.23 Å². The van der Waals surface area contributed by atoms with Crippen LogP contribution in [0.1, 0.15) is 69.8 Å². The number of methoxy groups -OCH3 is 1. The van der Waals surface area contributed by atoms with Crippen LogP contribution in [0.4, 0.5) is 8.78 Å². The van der Waals surface area contributed by atoms with Crippen molar-refractivity contribution in [3.63, 3.8) is 0 Å². The summed E-state index contributed by atoms with van der Waals surface area (Å²) in [6, 6.07) is 10.7. The first-order valence-corrected chi connectivity index (χ1v) is 11.8. The SMILES string of the molecule is C/C=C/CCC1CCC2CC(c3ccc(-c4ccc(OC)cc4)c(F)c3F)CCC2C1. The Morgan fingerprint density at radius 1 is 0.903 bits per heavy atom. The summed E-state index contributed by atoms with van der Waals surface area (Å²) >= 11 is 0. The Bertz CT molecular complexity index is 902. The second-order valence-electron chi connectivity index (χ2n) is 9.41. The molecule has 3 heteroatoms. The molecule has 2 aliphatic rings. The molecule has 0 bridgehead atoms. The largest absolute Gasteiger partial charge is 0.497 e. The highest BCUT2D eigenvalue weighted by Gasteiger charge is 2.36. The molecule has 4 rings (SSSR count). The van der Waals surface area contributed by atoms with Gasteiger partial charge in [-0.05, 0) is 98.8 Å². The number of benzene rings is 2. The van der Waals surface area contributed by atoms with E-state index < -0.39 is 11.6 Å². The quantitative estimate of drug-likeness (QED) is 0.424. The normalized spacial score (nSPS) is 26.1. The van der Waals surface area contributed by atoms with E-state index in [1.807, 2.05) is 6.07 Å². The molecule has 4 unspecified atom stereocenters. The fourth-order valence-electron chi connectivity index (χ4n) is 5.90. The van der Waals surface area contributed by atoms with Crippen molar-refractivity contribution in [3.05, 3.63) is 65.7 Å². The van der Waals surface area contributed by atoms with Crippen LogP contribution >= 0.6 is 0 Å². The van der Waals surface area contributed by atoms with E-state index in [2.05, 4.69) is 19.1 Å². The van der Waals surface area contributed by atoms with Crippen LogP contribution in [0, 0.1) is 29.4 Å². The van der Waals surface area contributed by atoms with Gasteiger partial charge in [0.25, 0.3) is 0 Å². The minimum Gasteiger partial charge on any atom is -0.497 e. The Morgan fingerprint density at radius 2 is 1.65 bits per heavy atom. The molecule has 1 nitrogen and oxygen atoms in total. The molecular weight excluding hydrogens is 390 g/mol. The van der Waals surface area contributed by atoms with E-state index >= 15 is 8.78 Å². The van der Waals surface area contributed by atoms with Gasteiger partial charge in [0.15, 0.2) is 11.6 Å². The van der Waals surface area contributed by atoms with Gasteiger partial charge in [-0.2, -0.15) is 0 Å². The monoisotopic (exact) mass is 424 g/mol. The number of allylic oxidation sites excluding steroid dienone is 2. The lowest BCUT2D eigenvalue weighted by molar-refractivity contribution is 0.114. The summed E-state index contributed by atoms with van der Waals surface area (Å²) in [4.78, 5) is 0. The van der Waals surface area contributed by atoms with Crippen LogP contribution < -0.4 is 4.74 Å². The first-order chi connectivity index (χ1) is 15.1. The van der Waals surface area contributed by atoms with Gasteiger partial charge in [-0.25, -0.2) is 8.78 Å². The molecule has 0 radical (unpaired) electrons. The van der Waals surface area contributed by atoms with E-state index in [-0.39, 0.29) is 5.92 Å². The Kier molecular flexibility index (Phi) is 7.09. The summed E-state index contributed by atoms with van der Waals surface area (Å²) in [7, 11) is 1.59. The van der Waals surface area contributed by atoms with E-state index in [9.17, 15) is 0 Å². The molecule has 2 saturated carbocycles. The number of fused-ring (bicyclic) bond motifs is 1. The van der Waals surface area contributed by atoms with E-state index in [0.717, 1.165) is 31.1 Å². The van der Waals surface area contributed by atoms with Crippen molar-refractivity contribution in [2.75, 3.05) is 7.11 Å². The molecule has 0 aromatic heterocycles. The van der Waals surface area contributed by atoms with Crippen molar-refractivity contribution in [2.45, 2.75) is 64.2 Å². The van der Waals surface area contributed by atoms with E-state index in [4.69, 9.17) is 4.74 Å². The van der Waals surface area contributed by atoms with Crippen molar-refractivity contribution in [3.8, 4) is 16.9 Å². The maximum absolute atomic E-state index is 15.1. The van der Waals surface area contributed by atoms with Crippen molar-refractivity contribution < 1.29 is 13.5 Å². The Morgan fingerprint density at radius 3 is 2.39 bits per heavy atom. The highest BCUT2D eigenvalue weighted by molar-refractivity contribution is 5.65. The standard InChI is InChI=1S/C28H34F2O/c1-3-4-5-6-19-7-8-22-18-23(10-9-21(22)17-19)26-16-15-25(27(29)28(26)30)20-11-13-24(31-2)14-12-20/h3-4,11-16,19,21-23H,5-10,17-18H2,1-2H3/b4-3+. The Labute approximate surface area is 185 Å². The van der Waals surface area contributed by atoms with Gasteiger partial charge in [0.2, 0.25) is 0 Å². The minimum atomic E-state index is -0.725. The van der Waals surface area contributed by atoms with Crippen molar-refractivity contribution in [1.29, 1.82) is 0 Å². The molecular formula is C28H34F2O. The van der Waals surface area contributed by atoms with Gasteiger partial charge in [-0.3, -0.25) is 0 Å². The molecule has 0 heterocycles. The zero-order valence-electron chi connectivity index (χ0n) is 18.7. The van der Waals surface area contributed by atoms with E-state index in [0.29, 0.717) is 28.4 Å². The smallest absolute Gasteiger partial charge is 0.166 e. The third-order valence-electron chi connectivity index (χ3n) is 7.65.